The normalized spacial score (nSPS) is 11.2. The van der Waals surface area contributed by atoms with Gasteiger partial charge in [-0.1, -0.05) is 29.3 Å². The molecular weight excluding hydrogens is 387 g/mol. The summed E-state index contributed by atoms with van der Waals surface area (Å²) < 4.78 is 29.5. The molecule has 0 aliphatic rings. The maximum absolute atomic E-state index is 12.2. The van der Waals surface area contributed by atoms with Crippen molar-refractivity contribution in [2.24, 2.45) is 0 Å². The van der Waals surface area contributed by atoms with Crippen molar-refractivity contribution < 1.29 is 17.9 Å². The summed E-state index contributed by atoms with van der Waals surface area (Å²) in [5.74, 6) is -0.420. The summed E-state index contributed by atoms with van der Waals surface area (Å²) in [6, 6.07) is 9.21. The van der Waals surface area contributed by atoms with Gasteiger partial charge >= 0.3 is 0 Å². The van der Waals surface area contributed by atoms with Crippen LogP contribution in [0.3, 0.4) is 0 Å². The fraction of sp³-hybridized carbons (Fsp3) is 0.188. The van der Waals surface area contributed by atoms with Gasteiger partial charge in [0, 0.05) is 5.02 Å². The third-order valence-electron chi connectivity index (χ3n) is 3.37. The van der Waals surface area contributed by atoms with Crippen LogP contribution in [0.1, 0.15) is 11.1 Å². The maximum Gasteiger partial charge on any atom is 0.272 e. The largest absolute Gasteiger partial charge is 0.482 e. The van der Waals surface area contributed by atoms with Crippen molar-refractivity contribution in [3.05, 3.63) is 57.6 Å². The number of aryl methyl sites for hydroxylation is 2. The number of amides is 1. The van der Waals surface area contributed by atoms with Crippen LogP contribution in [0.15, 0.2) is 41.3 Å². The number of rotatable bonds is 6. The van der Waals surface area contributed by atoms with E-state index >= 15 is 0 Å². The Morgan fingerprint density at radius 2 is 1.80 bits per heavy atom. The number of hydrogen-bond acceptors (Lipinski definition) is 4. The molecule has 0 heterocycles. The van der Waals surface area contributed by atoms with Crippen LogP contribution in [-0.4, -0.2) is 20.9 Å². The van der Waals surface area contributed by atoms with E-state index < -0.39 is 22.5 Å². The summed E-state index contributed by atoms with van der Waals surface area (Å²) in [6.07, 6.45) is 0. The number of hydrazine groups is 1. The molecule has 0 aliphatic carbocycles. The number of ether oxygens (including phenoxy) is 1. The van der Waals surface area contributed by atoms with E-state index in [1.807, 2.05) is 11.8 Å². The molecule has 0 spiro atoms. The van der Waals surface area contributed by atoms with Gasteiger partial charge in [-0.2, -0.15) is 0 Å². The number of carbonyl (C=O) groups excluding carboxylic acids is 1. The Balaban J connectivity index is 1.93. The maximum atomic E-state index is 12.2. The van der Waals surface area contributed by atoms with E-state index in [0.717, 1.165) is 11.1 Å². The molecule has 25 heavy (non-hydrogen) atoms. The zero-order chi connectivity index (χ0) is 18.6. The van der Waals surface area contributed by atoms with Crippen LogP contribution in [0.5, 0.6) is 5.75 Å². The smallest absolute Gasteiger partial charge is 0.272 e. The second kappa shape index (κ2) is 8.05. The first-order valence-electron chi connectivity index (χ1n) is 7.15. The van der Waals surface area contributed by atoms with Crippen molar-refractivity contribution >= 4 is 39.1 Å². The molecule has 0 bridgehead atoms. The zero-order valence-corrected chi connectivity index (χ0v) is 15.8. The van der Waals surface area contributed by atoms with E-state index in [9.17, 15) is 13.2 Å². The number of benzene rings is 2. The first-order valence-corrected chi connectivity index (χ1v) is 9.39. The molecule has 134 valence electrons. The van der Waals surface area contributed by atoms with Gasteiger partial charge in [0.2, 0.25) is 0 Å². The third kappa shape index (κ3) is 5.34. The lowest BCUT2D eigenvalue weighted by atomic mass is 10.1. The number of carbonyl (C=O) groups is 1. The first kappa shape index (κ1) is 19.5. The molecule has 0 saturated carbocycles. The van der Waals surface area contributed by atoms with Crippen molar-refractivity contribution in [2.75, 3.05) is 6.61 Å². The molecule has 2 aromatic carbocycles. The lowest BCUT2D eigenvalue weighted by Crippen LogP contribution is -2.43. The van der Waals surface area contributed by atoms with E-state index in [-0.39, 0.29) is 15.7 Å². The number of nitrogens with one attached hydrogen (secondary N) is 2. The average Bonchev–Trinajstić information content (AvgIpc) is 2.54. The van der Waals surface area contributed by atoms with Gasteiger partial charge in [-0.15, -0.1) is 4.83 Å². The quantitative estimate of drug-likeness (QED) is 0.727. The summed E-state index contributed by atoms with van der Waals surface area (Å²) in [5.41, 5.74) is 3.88. The van der Waals surface area contributed by atoms with Gasteiger partial charge in [0.25, 0.3) is 15.9 Å². The molecule has 2 aromatic rings. The van der Waals surface area contributed by atoms with Crippen LogP contribution >= 0.6 is 23.2 Å². The topological polar surface area (TPSA) is 84.5 Å². The molecule has 0 radical (unpaired) electrons. The predicted octanol–water partition coefficient (Wildman–Crippen LogP) is 3.00. The lowest BCUT2D eigenvalue weighted by molar-refractivity contribution is -0.123. The predicted molar refractivity (Wildman–Crippen MR) is 96.3 cm³/mol. The Labute approximate surface area is 156 Å². The van der Waals surface area contributed by atoms with Crippen LogP contribution in [0.25, 0.3) is 0 Å². The van der Waals surface area contributed by atoms with Crippen molar-refractivity contribution in [1.29, 1.82) is 0 Å². The fourth-order valence-corrected chi connectivity index (χ4v) is 3.24. The molecular formula is C16H16Cl2N2O4S. The van der Waals surface area contributed by atoms with Crippen molar-refractivity contribution in [3.63, 3.8) is 0 Å². The standard InChI is InChI=1S/C16H16Cl2N2O4S/c1-10-3-5-13(7-11(10)2)25(22,23)20-19-16(21)9-24-15-6-4-12(17)8-14(15)18/h3-8,20H,9H2,1-2H3,(H,19,21). The Hall–Kier alpha value is -1.80. The van der Waals surface area contributed by atoms with Gasteiger partial charge in [-0.25, -0.2) is 8.42 Å². The molecule has 0 aromatic heterocycles. The number of halogens is 2. The molecule has 1 amide bonds. The van der Waals surface area contributed by atoms with Crippen LogP contribution in [0.4, 0.5) is 0 Å². The van der Waals surface area contributed by atoms with E-state index in [0.29, 0.717) is 5.02 Å². The van der Waals surface area contributed by atoms with E-state index in [1.54, 1.807) is 19.1 Å². The van der Waals surface area contributed by atoms with Gasteiger partial charge in [-0.3, -0.25) is 10.2 Å². The SMILES string of the molecule is Cc1ccc(S(=O)(=O)NNC(=O)COc2ccc(Cl)cc2Cl)cc1C. The molecule has 0 atom stereocenters. The zero-order valence-electron chi connectivity index (χ0n) is 13.5. The minimum atomic E-state index is -3.87. The van der Waals surface area contributed by atoms with E-state index in [4.69, 9.17) is 27.9 Å². The van der Waals surface area contributed by atoms with Crippen LogP contribution in [0, 0.1) is 13.8 Å². The van der Waals surface area contributed by atoms with Gasteiger partial charge in [0.05, 0.1) is 9.92 Å². The van der Waals surface area contributed by atoms with Gasteiger partial charge in [0.1, 0.15) is 5.75 Å². The van der Waals surface area contributed by atoms with Gasteiger partial charge in [0.15, 0.2) is 6.61 Å². The Bertz CT molecular complexity index is 901. The summed E-state index contributed by atoms with van der Waals surface area (Å²) in [6.45, 7) is 3.26. The molecule has 0 aliphatic heterocycles. The van der Waals surface area contributed by atoms with Crippen molar-refractivity contribution in [1.82, 2.24) is 10.3 Å². The average molecular weight is 403 g/mol. The highest BCUT2D eigenvalue weighted by Crippen LogP contribution is 2.27. The third-order valence-corrected chi connectivity index (χ3v) is 5.14. The molecule has 2 rings (SSSR count). The Kier molecular flexibility index (Phi) is 6.29. The summed E-state index contributed by atoms with van der Waals surface area (Å²) in [7, 11) is -3.87. The van der Waals surface area contributed by atoms with Gasteiger partial charge < -0.3 is 4.74 Å². The molecule has 2 N–H and O–H groups in total. The van der Waals surface area contributed by atoms with Crippen molar-refractivity contribution in [2.45, 2.75) is 18.7 Å². The van der Waals surface area contributed by atoms with Gasteiger partial charge in [-0.05, 0) is 55.3 Å². The second-order valence-corrected chi connectivity index (χ2v) is 7.79. The van der Waals surface area contributed by atoms with Crippen LogP contribution < -0.4 is 15.0 Å². The first-order chi connectivity index (χ1) is 11.7. The van der Waals surface area contributed by atoms with Crippen molar-refractivity contribution in [3.8, 4) is 5.75 Å². The lowest BCUT2D eigenvalue weighted by Gasteiger charge is -2.11. The monoisotopic (exact) mass is 402 g/mol. The highest BCUT2D eigenvalue weighted by molar-refractivity contribution is 7.89. The highest BCUT2D eigenvalue weighted by Gasteiger charge is 2.16. The Morgan fingerprint density at radius 1 is 1.08 bits per heavy atom. The fourth-order valence-electron chi connectivity index (χ4n) is 1.84. The minimum absolute atomic E-state index is 0.0533. The summed E-state index contributed by atoms with van der Waals surface area (Å²) in [5, 5.41) is 0.680. The number of hydrogen-bond donors (Lipinski definition) is 2. The number of sulfonamides is 1. The second-order valence-electron chi connectivity index (χ2n) is 5.26. The molecule has 0 fully saturated rings. The van der Waals surface area contributed by atoms with Crippen LogP contribution in [-0.2, 0) is 14.8 Å². The van der Waals surface area contributed by atoms with E-state index in [2.05, 4.69) is 5.43 Å². The van der Waals surface area contributed by atoms with Crippen LogP contribution in [0.2, 0.25) is 10.0 Å². The minimum Gasteiger partial charge on any atom is -0.482 e. The molecule has 9 heteroatoms. The summed E-state index contributed by atoms with van der Waals surface area (Å²) >= 11 is 11.7. The van der Waals surface area contributed by atoms with E-state index in [1.165, 1.54) is 24.3 Å². The molecule has 6 nitrogen and oxygen atoms in total. The molecule has 0 unspecified atom stereocenters. The highest BCUT2D eigenvalue weighted by atomic mass is 35.5. The molecule has 0 saturated heterocycles. The summed E-state index contributed by atoms with van der Waals surface area (Å²) in [4.78, 5) is 13.8. The Morgan fingerprint density at radius 3 is 2.44 bits per heavy atom.